The number of para-hydroxylation sites is 1. The second-order valence-electron chi connectivity index (χ2n) is 11.4. The number of aryl methyl sites for hydroxylation is 1. The quantitative estimate of drug-likeness (QED) is 0.132. The highest BCUT2D eigenvalue weighted by atomic mass is 32.1. The average Bonchev–Trinajstić information content (AvgIpc) is 3.65. The van der Waals surface area contributed by atoms with Crippen molar-refractivity contribution in [3.05, 3.63) is 88.3 Å². The number of thiocarbonyl (C=S) groups is 1. The lowest BCUT2D eigenvalue weighted by molar-refractivity contribution is -0.121. The molecule has 0 atom stereocenters. The summed E-state index contributed by atoms with van der Waals surface area (Å²) in [5.41, 5.74) is 8.06. The minimum Gasteiger partial charge on any atom is -0.485 e. The summed E-state index contributed by atoms with van der Waals surface area (Å²) in [6, 6.07) is 7.86. The zero-order chi connectivity index (χ0) is 33.8. The Morgan fingerprint density at radius 2 is 1.87 bits per heavy atom. The Balaban J connectivity index is 1.27. The first-order valence-electron chi connectivity index (χ1n) is 14.2. The average molecular weight is 667 g/mol. The third kappa shape index (κ3) is 5.78. The highest BCUT2D eigenvalue weighted by Crippen LogP contribution is 2.40. The summed E-state index contributed by atoms with van der Waals surface area (Å²) in [4.78, 5) is 32.1. The fourth-order valence-electron chi connectivity index (χ4n) is 5.30. The predicted octanol–water partition coefficient (Wildman–Crippen LogP) is 5.69. The highest BCUT2D eigenvalue weighted by molar-refractivity contribution is 7.80. The van der Waals surface area contributed by atoms with Gasteiger partial charge < -0.3 is 20.5 Å². The molecule has 47 heavy (non-hydrogen) atoms. The number of ketones is 1. The number of alkyl halides is 2. The highest BCUT2D eigenvalue weighted by Gasteiger charge is 2.44. The molecule has 0 spiro atoms. The second-order valence-corrected chi connectivity index (χ2v) is 11.8. The first-order valence-corrected chi connectivity index (χ1v) is 14.6. The molecular formula is C32H26F4N6O4S. The van der Waals surface area contributed by atoms with Crippen LogP contribution in [0.4, 0.5) is 29.1 Å². The lowest BCUT2D eigenvalue weighted by Crippen LogP contribution is -2.40. The van der Waals surface area contributed by atoms with Crippen LogP contribution in [0.3, 0.4) is 0 Å². The van der Waals surface area contributed by atoms with Crippen molar-refractivity contribution >= 4 is 46.6 Å². The molecule has 0 radical (unpaired) electrons. The van der Waals surface area contributed by atoms with E-state index < -0.39 is 47.6 Å². The van der Waals surface area contributed by atoms with Crippen molar-refractivity contribution in [3.63, 3.8) is 0 Å². The third-order valence-electron chi connectivity index (χ3n) is 7.65. The number of Topliss-reactive ketones (excluding diaryl/α,β-unsaturated/α-hetero) is 1. The number of rotatable bonds is 9. The van der Waals surface area contributed by atoms with E-state index in [0.29, 0.717) is 28.0 Å². The smallest absolute Gasteiger partial charge is 0.272 e. The van der Waals surface area contributed by atoms with E-state index in [1.165, 1.54) is 40.2 Å². The van der Waals surface area contributed by atoms with Crippen LogP contribution in [0.5, 0.6) is 17.4 Å². The van der Waals surface area contributed by atoms with Crippen molar-refractivity contribution in [2.24, 2.45) is 0 Å². The SMILES string of the molecule is Cc1cc(Oc2c(F)cccc2F)ncc1-n1ncc(C(=O)C2=Cc3cc(OCC(F)F)c(N4C(=O)C(C)(C)NC4=S)cc3C2)c1N. The van der Waals surface area contributed by atoms with Crippen LogP contribution in [0, 0.1) is 18.6 Å². The van der Waals surface area contributed by atoms with Gasteiger partial charge in [-0.15, -0.1) is 0 Å². The van der Waals surface area contributed by atoms with Crippen molar-refractivity contribution < 1.29 is 36.6 Å². The summed E-state index contributed by atoms with van der Waals surface area (Å²) < 4.78 is 66.3. The molecule has 1 fully saturated rings. The number of nitrogens with one attached hydrogen (secondary N) is 1. The summed E-state index contributed by atoms with van der Waals surface area (Å²) in [5.74, 6) is -3.26. The van der Waals surface area contributed by atoms with E-state index in [9.17, 15) is 27.2 Å². The Bertz CT molecular complexity index is 1990. The van der Waals surface area contributed by atoms with Crippen molar-refractivity contribution in [2.75, 3.05) is 17.2 Å². The van der Waals surface area contributed by atoms with Gasteiger partial charge in [-0.25, -0.2) is 27.2 Å². The molecule has 2 aromatic heterocycles. The van der Waals surface area contributed by atoms with Gasteiger partial charge in [-0.05, 0) is 80.0 Å². The Kier molecular flexibility index (Phi) is 7.95. The molecule has 1 saturated heterocycles. The Hall–Kier alpha value is -5.31. The standard InChI is InChI=1S/C32H26F4N6O4S/c1-15-7-26(46-28-20(33)5-4-6-21(28)34)38-13-23(15)42-29(37)19(12-39-42)27(43)18-8-16-10-22(41-30(44)32(2,3)40-31(41)47)24(11-17(16)9-18)45-14-25(35)36/h4-7,9-13,25H,8,14,37H2,1-3H3,(H,40,47). The first-order chi connectivity index (χ1) is 22.2. The molecule has 10 nitrogen and oxygen atoms in total. The van der Waals surface area contributed by atoms with Gasteiger partial charge in [0.2, 0.25) is 11.6 Å². The number of nitrogens with two attached hydrogens (primary N) is 1. The van der Waals surface area contributed by atoms with Gasteiger partial charge in [-0.3, -0.25) is 14.5 Å². The van der Waals surface area contributed by atoms with E-state index in [0.717, 1.165) is 12.1 Å². The number of pyridine rings is 1. The first kappa shape index (κ1) is 31.7. The molecule has 0 saturated carbocycles. The number of nitrogens with zero attached hydrogens (tertiary/aromatic N) is 4. The molecule has 6 rings (SSSR count). The van der Waals surface area contributed by atoms with E-state index in [-0.39, 0.29) is 40.2 Å². The molecule has 1 aliphatic carbocycles. The lowest BCUT2D eigenvalue weighted by atomic mass is 10.0. The molecule has 242 valence electrons. The van der Waals surface area contributed by atoms with Crippen molar-refractivity contribution in [1.29, 1.82) is 0 Å². The second kappa shape index (κ2) is 11.8. The zero-order valence-corrected chi connectivity index (χ0v) is 25.9. The number of carbonyl (C=O) groups is 2. The van der Waals surface area contributed by atoms with Crippen molar-refractivity contribution in [3.8, 4) is 23.1 Å². The number of benzene rings is 2. The molecule has 4 aromatic rings. The van der Waals surface area contributed by atoms with Crippen LogP contribution in [0.15, 0.2) is 54.4 Å². The molecule has 15 heteroatoms. The Morgan fingerprint density at radius 3 is 2.51 bits per heavy atom. The van der Waals surface area contributed by atoms with Crippen LogP contribution in [0.25, 0.3) is 11.8 Å². The summed E-state index contributed by atoms with van der Waals surface area (Å²) in [6.45, 7) is 4.05. The molecule has 0 unspecified atom stereocenters. The number of hydrogen-bond acceptors (Lipinski definition) is 8. The zero-order valence-electron chi connectivity index (χ0n) is 25.1. The molecule has 1 amide bonds. The Labute approximate surface area is 270 Å². The number of hydrogen-bond donors (Lipinski definition) is 2. The van der Waals surface area contributed by atoms with E-state index in [1.807, 2.05) is 0 Å². The van der Waals surface area contributed by atoms with Crippen molar-refractivity contribution in [1.82, 2.24) is 20.1 Å². The maximum Gasteiger partial charge on any atom is 0.272 e. The van der Waals surface area contributed by atoms with Gasteiger partial charge in [0, 0.05) is 18.1 Å². The number of fused-ring (bicyclic) bond motifs is 1. The molecule has 0 bridgehead atoms. The summed E-state index contributed by atoms with van der Waals surface area (Å²) in [5, 5.41) is 7.28. The lowest BCUT2D eigenvalue weighted by Gasteiger charge is -2.21. The number of anilines is 2. The largest absolute Gasteiger partial charge is 0.485 e. The van der Waals surface area contributed by atoms with Gasteiger partial charge >= 0.3 is 0 Å². The molecular weight excluding hydrogens is 640 g/mol. The van der Waals surface area contributed by atoms with Gasteiger partial charge in [-0.1, -0.05) is 6.07 Å². The summed E-state index contributed by atoms with van der Waals surface area (Å²) >= 11 is 5.37. The molecule has 3 heterocycles. The van der Waals surface area contributed by atoms with E-state index in [1.54, 1.807) is 32.9 Å². The van der Waals surface area contributed by atoms with Crippen LogP contribution in [0.2, 0.25) is 0 Å². The number of carbonyl (C=O) groups excluding carboxylic acids is 2. The van der Waals surface area contributed by atoms with Gasteiger partial charge in [0.15, 0.2) is 22.5 Å². The van der Waals surface area contributed by atoms with Crippen LogP contribution in [-0.2, 0) is 11.2 Å². The van der Waals surface area contributed by atoms with Crippen LogP contribution in [-0.4, -0.2) is 50.1 Å². The maximum atomic E-state index is 14.0. The van der Waals surface area contributed by atoms with Crippen molar-refractivity contribution in [2.45, 2.75) is 39.2 Å². The topological polar surface area (TPSA) is 125 Å². The number of amides is 1. The van der Waals surface area contributed by atoms with Crippen LogP contribution < -0.4 is 25.4 Å². The predicted molar refractivity (Wildman–Crippen MR) is 168 cm³/mol. The third-order valence-corrected chi connectivity index (χ3v) is 7.94. The molecule has 1 aliphatic heterocycles. The van der Waals surface area contributed by atoms with Crippen LogP contribution in [0.1, 0.15) is 40.9 Å². The molecule has 2 aliphatic rings. The minimum absolute atomic E-state index is 0.00433. The monoisotopic (exact) mass is 666 g/mol. The van der Waals surface area contributed by atoms with Gasteiger partial charge in [0.05, 0.1) is 29.3 Å². The molecule has 2 aromatic carbocycles. The fraction of sp³-hybridized carbons (Fsp3) is 0.219. The van der Waals surface area contributed by atoms with E-state index in [4.69, 9.17) is 27.4 Å². The number of aromatic nitrogens is 3. The van der Waals surface area contributed by atoms with Gasteiger partial charge in [0.1, 0.15) is 23.7 Å². The number of nitrogen functional groups attached to an aromatic ring is 1. The van der Waals surface area contributed by atoms with Crippen LogP contribution >= 0.6 is 12.2 Å². The molecule has 3 N–H and O–H groups in total. The fourth-order valence-corrected chi connectivity index (χ4v) is 5.73. The maximum absolute atomic E-state index is 14.0. The Morgan fingerprint density at radius 1 is 1.15 bits per heavy atom. The number of allylic oxidation sites excluding steroid dienone is 1. The van der Waals surface area contributed by atoms with Gasteiger partial charge in [0.25, 0.3) is 12.3 Å². The number of ether oxygens (including phenoxy) is 2. The summed E-state index contributed by atoms with van der Waals surface area (Å²) in [7, 11) is 0. The van der Waals surface area contributed by atoms with Gasteiger partial charge in [-0.2, -0.15) is 5.10 Å². The minimum atomic E-state index is -2.77. The number of halogens is 4. The van der Waals surface area contributed by atoms with E-state index in [2.05, 4.69) is 15.4 Å². The summed E-state index contributed by atoms with van der Waals surface area (Å²) in [6.07, 6.45) is 1.62. The normalized spacial score (nSPS) is 15.1. The van der Waals surface area contributed by atoms with E-state index >= 15 is 0 Å².